The zero-order valence-electron chi connectivity index (χ0n) is 6.91. The molecule has 0 spiro atoms. The number of hydrogen-bond acceptors (Lipinski definition) is 2. The molecule has 2 rings (SSSR count). The summed E-state index contributed by atoms with van der Waals surface area (Å²) < 4.78 is 0. The number of halogens is 1. The smallest absolute Gasteiger partial charge is 0.226 e. The molecule has 1 atom stereocenters. The number of nitrogens with two attached hydrogens (primary N) is 1. The van der Waals surface area contributed by atoms with Crippen molar-refractivity contribution in [3.8, 4) is 0 Å². The minimum Gasteiger partial charge on any atom is -0.384 e. The molecule has 1 heterocycles. The van der Waals surface area contributed by atoms with Crippen molar-refractivity contribution >= 4 is 24.0 Å². The van der Waals surface area contributed by atoms with Crippen LogP contribution in [0.1, 0.15) is 11.5 Å². The van der Waals surface area contributed by atoms with Crippen molar-refractivity contribution in [3.05, 3.63) is 29.8 Å². The molecule has 0 saturated heterocycles. The van der Waals surface area contributed by atoms with E-state index in [0.29, 0.717) is 6.54 Å². The molecule has 0 fully saturated rings. The van der Waals surface area contributed by atoms with E-state index in [0.717, 1.165) is 11.3 Å². The largest absolute Gasteiger partial charge is 0.384 e. The van der Waals surface area contributed by atoms with E-state index < -0.39 is 0 Å². The Balaban J connectivity index is 0.000000845. The zero-order chi connectivity index (χ0) is 8.55. The van der Waals surface area contributed by atoms with Gasteiger partial charge >= 0.3 is 0 Å². The third-order valence-corrected chi connectivity index (χ3v) is 2.11. The fraction of sp³-hybridized carbons (Fsp3) is 0.222. The van der Waals surface area contributed by atoms with Gasteiger partial charge in [-0.25, -0.2) is 0 Å². The number of anilines is 1. The summed E-state index contributed by atoms with van der Waals surface area (Å²) in [7, 11) is 0. The summed E-state index contributed by atoms with van der Waals surface area (Å²) in [5.74, 6) is -0.460. The molecule has 1 radical (unpaired) electrons. The molecular weight excluding hydrogens is 188 g/mol. The van der Waals surface area contributed by atoms with Crippen LogP contribution in [0.25, 0.3) is 0 Å². The third kappa shape index (κ3) is 1.60. The number of carbonyl (C=O) groups excluding carboxylic acids is 1. The van der Waals surface area contributed by atoms with Crippen molar-refractivity contribution < 1.29 is 4.79 Å². The van der Waals surface area contributed by atoms with Crippen LogP contribution in [0.5, 0.6) is 0 Å². The minimum absolute atomic E-state index is 0. The van der Waals surface area contributed by atoms with Crippen molar-refractivity contribution in [2.24, 2.45) is 5.73 Å². The van der Waals surface area contributed by atoms with Gasteiger partial charge in [0.2, 0.25) is 5.91 Å². The molecule has 3 nitrogen and oxygen atoms in total. The predicted octanol–water partition coefficient (Wildman–Crippen LogP) is 0.903. The maximum atomic E-state index is 10.9. The number of rotatable bonds is 1. The van der Waals surface area contributed by atoms with Crippen LogP contribution >= 0.6 is 12.4 Å². The predicted molar refractivity (Wildman–Crippen MR) is 53.0 cm³/mol. The molecule has 1 amide bonds. The number of primary amides is 1. The molecule has 4 heteroatoms. The molecule has 0 bridgehead atoms. The van der Waals surface area contributed by atoms with E-state index in [1.807, 2.05) is 18.2 Å². The molecule has 0 aliphatic carbocycles. The summed E-state index contributed by atoms with van der Waals surface area (Å²) >= 11 is 0. The van der Waals surface area contributed by atoms with Gasteiger partial charge in [-0.3, -0.25) is 4.79 Å². The molecule has 1 aliphatic heterocycles. The maximum absolute atomic E-state index is 10.9. The maximum Gasteiger partial charge on any atom is 0.226 e. The second-order valence-electron chi connectivity index (χ2n) is 2.85. The Kier molecular flexibility index (Phi) is 2.78. The number of benzene rings is 1. The lowest BCUT2D eigenvalue weighted by Gasteiger charge is -2.02. The molecule has 0 aromatic heterocycles. The highest BCUT2D eigenvalue weighted by Crippen LogP contribution is 2.30. The molecule has 69 valence electrons. The van der Waals surface area contributed by atoms with Crippen LogP contribution in [-0.4, -0.2) is 12.5 Å². The summed E-state index contributed by atoms with van der Waals surface area (Å²) in [6.07, 6.45) is 0. The highest BCUT2D eigenvalue weighted by Gasteiger charge is 2.25. The molecule has 13 heavy (non-hydrogen) atoms. The van der Waals surface area contributed by atoms with Crippen molar-refractivity contribution in [1.82, 2.24) is 0 Å². The van der Waals surface area contributed by atoms with E-state index in [2.05, 4.69) is 11.4 Å². The van der Waals surface area contributed by atoms with Gasteiger partial charge in [-0.15, -0.1) is 12.4 Å². The number of hydrogen-bond donors (Lipinski definition) is 2. The van der Waals surface area contributed by atoms with E-state index in [1.165, 1.54) is 0 Å². The van der Waals surface area contributed by atoms with Gasteiger partial charge in [-0.05, 0) is 23.8 Å². The first-order chi connectivity index (χ1) is 5.79. The molecule has 0 saturated carbocycles. The monoisotopic (exact) mass is 197 g/mol. The fourth-order valence-corrected chi connectivity index (χ4v) is 1.47. The molecule has 1 aliphatic rings. The van der Waals surface area contributed by atoms with Crippen molar-refractivity contribution in [3.63, 3.8) is 0 Å². The van der Waals surface area contributed by atoms with Gasteiger partial charge in [0.1, 0.15) is 0 Å². The standard InChI is InChI=1S/C9H9N2O.ClH/c10-9(12)7-5-11-8-4-2-1-3-6(7)8;/h2-4,7,11H,5H2,(H2,10,12);1H. The number of fused-ring (bicyclic) bond motifs is 1. The average Bonchev–Trinajstić information content (AvgIpc) is 2.47. The first kappa shape index (κ1) is 9.86. The summed E-state index contributed by atoms with van der Waals surface area (Å²) in [6.45, 7) is 0.614. The molecule has 3 N–H and O–H groups in total. The summed E-state index contributed by atoms with van der Waals surface area (Å²) in [4.78, 5) is 10.9. The van der Waals surface area contributed by atoms with Gasteiger partial charge in [0.15, 0.2) is 0 Å². The van der Waals surface area contributed by atoms with Gasteiger partial charge in [0, 0.05) is 12.2 Å². The van der Waals surface area contributed by atoms with E-state index in [1.54, 1.807) is 0 Å². The summed E-state index contributed by atoms with van der Waals surface area (Å²) in [5.41, 5.74) is 7.18. The summed E-state index contributed by atoms with van der Waals surface area (Å²) in [5, 5.41) is 3.11. The van der Waals surface area contributed by atoms with Crippen LogP contribution in [0.3, 0.4) is 0 Å². The Hall–Kier alpha value is -1.22. The SMILES string of the molecule is Cl.NC(=O)C1CNc2cc[c]cc21. The Labute approximate surface area is 82.7 Å². The van der Waals surface area contributed by atoms with Gasteiger partial charge in [-0.2, -0.15) is 0 Å². The highest BCUT2D eigenvalue weighted by atomic mass is 35.5. The Morgan fingerprint density at radius 1 is 1.69 bits per heavy atom. The molecule has 1 aromatic rings. The van der Waals surface area contributed by atoms with Crippen molar-refractivity contribution in [1.29, 1.82) is 0 Å². The number of carbonyl (C=O) groups is 1. The zero-order valence-corrected chi connectivity index (χ0v) is 7.73. The Morgan fingerprint density at radius 3 is 3.15 bits per heavy atom. The third-order valence-electron chi connectivity index (χ3n) is 2.11. The summed E-state index contributed by atoms with van der Waals surface area (Å²) in [6, 6.07) is 8.46. The topological polar surface area (TPSA) is 55.1 Å². The van der Waals surface area contributed by atoms with Crippen LogP contribution in [0.15, 0.2) is 18.2 Å². The number of nitrogens with one attached hydrogen (secondary N) is 1. The Morgan fingerprint density at radius 2 is 2.46 bits per heavy atom. The van der Waals surface area contributed by atoms with Gasteiger partial charge in [0.05, 0.1) is 5.92 Å². The second-order valence-corrected chi connectivity index (χ2v) is 2.85. The average molecular weight is 198 g/mol. The quantitative estimate of drug-likeness (QED) is 0.703. The number of amides is 1. The van der Waals surface area contributed by atoms with Crippen molar-refractivity contribution in [2.75, 3.05) is 11.9 Å². The van der Waals surface area contributed by atoms with E-state index in [-0.39, 0.29) is 24.2 Å². The fourth-order valence-electron chi connectivity index (χ4n) is 1.47. The van der Waals surface area contributed by atoms with E-state index in [9.17, 15) is 4.79 Å². The van der Waals surface area contributed by atoms with Crippen LogP contribution in [0, 0.1) is 6.07 Å². The van der Waals surface area contributed by atoms with Crippen LogP contribution in [0.4, 0.5) is 5.69 Å². The lowest BCUT2D eigenvalue weighted by molar-refractivity contribution is -0.119. The van der Waals surface area contributed by atoms with E-state index >= 15 is 0 Å². The van der Waals surface area contributed by atoms with Gasteiger partial charge in [-0.1, -0.05) is 6.07 Å². The van der Waals surface area contributed by atoms with Crippen LogP contribution < -0.4 is 11.1 Å². The lowest BCUT2D eigenvalue weighted by atomic mass is 10.0. The molecular formula is C9H10ClN2O. The lowest BCUT2D eigenvalue weighted by Crippen LogP contribution is -2.22. The van der Waals surface area contributed by atoms with Crippen LogP contribution in [-0.2, 0) is 4.79 Å². The van der Waals surface area contributed by atoms with Gasteiger partial charge < -0.3 is 11.1 Å². The Bertz CT molecular complexity index is 327. The van der Waals surface area contributed by atoms with Crippen molar-refractivity contribution in [2.45, 2.75) is 5.92 Å². The first-order valence-corrected chi connectivity index (χ1v) is 3.82. The van der Waals surface area contributed by atoms with Crippen LogP contribution in [0.2, 0.25) is 0 Å². The highest BCUT2D eigenvalue weighted by molar-refractivity contribution is 5.86. The minimum atomic E-state index is -0.277. The molecule has 1 aromatic carbocycles. The molecule has 1 unspecified atom stereocenters. The van der Waals surface area contributed by atoms with E-state index in [4.69, 9.17) is 5.73 Å². The second kappa shape index (κ2) is 3.66. The normalized spacial score (nSPS) is 18.3. The van der Waals surface area contributed by atoms with Gasteiger partial charge in [0.25, 0.3) is 0 Å². The first-order valence-electron chi connectivity index (χ1n) is 3.82.